The molecule has 4 heteroatoms. The normalized spacial score (nSPS) is 25.4. The standard InChI is InChI=1S/C13H18ClNO2/c1-17-12-4-3-10(14)9-11(12)13(16)5-2-7-15-8-6-13/h3-4,9,15-16H,2,5-8H2,1H3. The van der Waals surface area contributed by atoms with Gasteiger partial charge in [0.15, 0.2) is 0 Å². The first-order chi connectivity index (χ1) is 8.15. The summed E-state index contributed by atoms with van der Waals surface area (Å²) in [5, 5.41) is 14.7. The van der Waals surface area contributed by atoms with E-state index in [0.29, 0.717) is 17.2 Å². The molecule has 0 amide bonds. The Bertz CT molecular complexity index is 387. The highest BCUT2D eigenvalue weighted by Gasteiger charge is 2.32. The number of methoxy groups -OCH3 is 1. The fourth-order valence-corrected chi connectivity index (χ4v) is 2.54. The highest BCUT2D eigenvalue weighted by Crippen LogP contribution is 2.38. The molecule has 0 aliphatic carbocycles. The molecule has 94 valence electrons. The van der Waals surface area contributed by atoms with Gasteiger partial charge in [-0.1, -0.05) is 11.6 Å². The summed E-state index contributed by atoms with van der Waals surface area (Å²) in [4.78, 5) is 0. The average molecular weight is 256 g/mol. The van der Waals surface area contributed by atoms with Crippen LogP contribution in [0, 0.1) is 0 Å². The predicted octanol–water partition coefficient (Wildman–Crippen LogP) is 2.31. The number of hydrogen-bond acceptors (Lipinski definition) is 3. The van der Waals surface area contributed by atoms with Crippen LogP contribution in [0.5, 0.6) is 5.75 Å². The summed E-state index contributed by atoms with van der Waals surface area (Å²) in [5.74, 6) is 0.707. The molecule has 1 unspecified atom stereocenters. The lowest BCUT2D eigenvalue weighted by Gasteiger charge is -2.28. The highest BCUT2D eigenvalue weighted by molar-refractivity contribution is 6.30. The van der Waals surface area contributed by atoms with Crippen LogP contribution in [0.25, 0.3) is 0 Å². The van der Waals surface area contributed by atoms with Crippen LogP contribution in [-0.2, 0) is 5.60 Å². The topological polar surface area (TPSA) is 41.5 Å². The van der Waals surface area contributed by atoms with Crippen LogP contribution in [0.4, 0.5) is 0 Å². The van der Waals surface area contributed by atoms with Crippen molar-refractivity contribution < 1.29 is 9.84 Å². The Balaban J connectivity index is 2.38. The summed E-state index contributed by atoms with van der Waals surface area (Å²) in [6.07, 6.45) is 2.37. The minimum absolute atomic E-state index is 0.631. The van der Waals surface area contributed by atoms with Crippen molar-refractivity contribution in [2.24, 2.45) is 0 Å². The predicted molar refractivity (Wildman–Crippen MR) is 68.6 cm³/mol. The van der Waals surface area contributed by atoms with Gasteiger partial charge in [0.1, 0.15) is 5.75 Å². The second-order valence-electron chi connectivity index (χ2n) is 4.48. The Kier molecular flexibility index (Phi) is 3.92. The van der Waals surface area contributed by atoms with Crippen molar-refractivity contribution >= 4 is 11.6 Å². The fraction of sp³-hybridized carbons (Fsp3) is 0.538. The first kappa shape index (κ1) is 12.7. The Morgan fingerprint density at radius 3 is 2.94 bits per heavy atom. The average Bonchev–Trinajstić information content (AvgIpc) is 2.55. The molecule has 1 heterocycles. The summed E-state index contributed by atoms with van der Waals surface area (Å²) in [6, 6.07) is 5.40. The molecule has 1 saturated heterocycles. The van der Waals surface area contributed by atoms with Crippen molar-refractivity contribution in [2.75, 3.05) is 20.2 Å². The molecule has 1 aromatic rings. The van der Waals surface area contributed by atoms with Gasteiger partial charge in [0.05, 0.1) is 12.7 Å². The van der Waals surface area contributed by atoms with Gasteiger partial charge >= 0.3 is 0 Å². The maximum atomic E-state index is 10.8. The minimum Gasteiger partial charge on any atom is -0.496 e. The summed E-state index contributed by atoms with van der Waals surface area (Å²) in [6.45, 7) is 1.76. The number of nitrogens with one attached hydrogen (secondary N) is 1. The SMILES string of the molecule is COc1ccc(Cl)cc1C1(O)CCCNCC1. The van der Waals surface area contributed by atoms with E-state index in [2.05, 4.69) is 5.32 Å². The second kappa shape index (κ2) is 5.25. The molecule has 2 rings (SSSR count). The number of hydrogen-bond donors (Lipinski definition) is 2. The first-order valence-corrected chi connectivity index (χ1v) is 6.31. The molecule has 0 saturated carbocycles. The number of rotatable bonds is 2. The lowest BCUT2D eigenvalue weighted by Crippen LogP contribution is -2.27. The maximum absolute atomic E-state index is 10.8. The van der Waals surface area contributed by atoms with Gasteiger partial charge in [-0.25, -0.2) is 0 Å². The highest BCUT2D eigenvalue weighted by atomic mass is 35.5. The summed E-state index contributed by atoms with van der Waals surface area (Å²) >= 11 is 6.01. The van der Waals surface area contributed by atoms with E-state index in [1.54, 1.807) is 13.2 Å². The van der Waals surface area contributed by atoms with E-state index in [0.717, 1.165) is 31.5 Å². The van der Waals surface area contributed by atoms with Gasteiger partial charge in [-0.2, -0.15) is 0 Å². The van der Waals surface area contributed by atoms with Crippen molar-refractivity contribution in [1.82, 2.24) is 5.32 Å². The van der Waals surface area contributed by atoms with Crippen LogP contribution in [0.3, 0.4) is 0 Å². The fourth-order valence-electron chi connectivity index (χ4n) is 2.36. The van der Waals surface area contributed by atoms with Gasteiger partial charge in [0.25, 0.3) is 0 Å². The molecule has 0 spiro atoms. The summed E-state index contributed by atoms with van der Waals surface area (Å²) in [5.41, 5.74) is -0.0316. The number of ether oxygens (including phenoxy) is 1. The van der Waals surface area contributed by atoms with Crippen molar-refractivity contribution in [3.8, 4) is 5.75 Å². The quantitative estimate of drug-likeness (QED) is 0.852. The zero-order chi connectivity index (χ0) is 12.3. The third kappa shape index (κ3) is 2.73. The van der Waals surface area contributed by atoms with E-state index >= 15 is 0 Å². The van der Waals surface area contributed by atoms with E-state index in [1.165, 1.54) is 0 Å². The maximum Gasteiger partial charge on any atom is 0.125 e. The molecular formula is C13H18ClNO2. The van der Waals surface area contributed by atoms with E-state index in [9.17, 15) is 5.11 Å². The minimum atomic E-state index is -0.834. The molecule has 1 fully saturated rings. The van der Waals surface area contributed by atoms with Crippen molar-refractivity contribution in [2.45, 2.75) is 24.9 Å². The Morgan fingerprint density at radius 2 is 2.18 bits per heavy atom. The van der Waals surface area contributed by atoms with Gasteiger partial charge in [-0.3, -0.25) is 0 Å². The zero-order valence-electron chi connectivity index (χ0n) is 10.0. The molecule has 0 aromatic heterocycles. The van der Waals surface area contributed by atoms with Crippen molar-refractivity contribution in [3.63, 3.8) is 0 Å². The smallest absolute Gasteiger partial charge is 0.125 e. The van der Waals surface area contributed by atoms with Gasteiger partial charge in [0.2, 0.25) is 0 Å². The Morgan fingerprint density at radius 1 is 1.35 bits per heavy atom. The molecule has 17 heavy (non-hydrogen) atoms. The molecule has 0 radical (unpaired) electrons. The zero-order valence-corrected chi connectivity index (χ0v) is 10.8. The Hall–Kier alpha value is -0.770. The molecule has 0 bridgehead atoms. The molecular weight excluding hydrogens is 238 g/mol. The van der Waals surface area contributed by atoms with Gasteiger partial charge in [-0.05, 0) is 50.6 Å². The number of halogens is 1. The van der Waals surface area contributed by atoms with Crippen LogP contribution in [0.1, 0.15) is 24.8 Å². The summed E-state index contributed by atoms with van der Waals surface area (Å²) < 4.78 is 5.32. The lowest BCUT2D eigenvalue weighted by molar-refractivity contribution is 0.0218. The van der Waals surface area contributed by atoms with Crippen LogP contribution >= 0.6 is 11.6 Å². The third-order valence-corrected chi connectivity index (χ3v) is 3.56. The molecule has 1 aliphatic rings. The Labute approximate surface area is 107 Å². The molecule has 2 N–H and O–H groups in total. The second-order valence-corrected chi connectivity index (χ2v) is 4.92. The number of benzene rings is 1. The first-order valence-electron chi connectivity index (χ1n) is 5.93. The third-order valence-electron chi connectivity index (χ3n) is 3.32. The number of aliphatic hydroxyl groups is 1. The lowest BCUT2D eigenvalue weighted by atomic mass is 9.86. The monoisotopic (exact) mass is 255 g/mol. The van der Waals surface area contributed by atoms with Crippen molar-refractivity contribution in [1.29, 1.82) is 0 Å². The van der Waals surface area contributed by atoms with Gasteiger partial charge in [-0.15, -0.1) is 0 Å². The van der Waals surface area contributed by atoms with Crippen LogP contribution in [-0.4, -0.2) is 25.3 Å². The summed E-state index contributed by atoms with van der Waals surface area (Å²) in [7, 11) is 1.62. The van der Waals surface area contributed by atoms with E-state index in [4.69, 9.17) is 16.3 Å². The van der Waals surface area contributed by atoms with Crippen LogP contribution in [0.2, 0.25) is 5.02 Å². The largest absolute Gasteiger partial charge is 0.496 e. The van der Waals surface area contributed by atoms with Gasteiger partial charge < -0.3 is 15.2 Å². The van der Waals surface area contributed by atoms with Crippen LogP contribution < -0.4 is 10.1 Å². The van der Waals surface area contributed by atoms with Gasteiger partial charge in [0, 0.05) is 10.6 Å². The van der Waals surface area contributed by atoms with E-state index < -0.39 is 5.60 Å². The molecule has 1 aliphatic heterocycles. The van der Waals surface area contributed by atoms with Crippen LogP contribution in [0.15, 0.2) is 18.2 Å². The molecule has 1 atom stereocenters. The van der Waals surface area contributed by atoms with E-state index in [1.807, 2.05) is 12.1 Å². The molecule has 1 aromatic carbocycles. The van der Waals surface area contributed by atoms with E-state index in [-0.39, 0.29) is 0 Å². The molecule has 3 nitrogen and oxygen atoms in total. The van der Waals surface area contributed by atoms with Crippen molar-refractivity contribution in [3.05, 3.63) is 28.8 Å².